The fourth-order valence-corrected chi connectivity index (χ4v) is 2.60. The summed E-state index contributed by atoms with van der Waals surface area (Å²) in [6.07, 6.45) is 0. The number of H-pyrrole nitrogens is 1. The number of anilines is 5. The molecular formula is C20H17N5. The van der Waals surface area contributed by atoms with Crippen LogP contribution in [0.5, 0.6) is 0 Å². The molecule has 4 aromatic rings. The van der Waals surface area contributed by atoms with E-state index in [2.05, 4.69) is 20.5 Å². The van der Waals surface area contributed by atoms with Gasteiger partial charge in [0.05, 0.1) is 0 Å². The van der Waals surface area contributed by atoms with Gasteiger partial charge in [0, 0.05) is 17.1 Å². The van der Waals surface area contributed by atoms with E-state index in [1.54, 1.807) is 0 Å². The summed E-state index contributed by atoms with van der Waals surface area (Å²) in [5.74, 6) is 1.17. The Morgan fingerprint density at radius 2 is 1.20 bits per heavy atom. The molecule has 3 aromatic carbocycles. The molecule has 0 radical (unpaired) electrons. The van der Waals surface area contributed by atoms with Crippen LogP contribution < -0.4 is 10.2 Å². The van der Waals surface area contributed by atoms with Gasteiger partial charge in [-0.25, -0.2) is 5.10 Å². The number of hydrogen-bond donors (Lipinski definition) is 2. The minimum absolute atomic E-state index is 0.579. The molecule has 5 nitrogen and oxygen atoms in total. The van der Waals surface area contributed by atoms with E-state index >= 15 is 0 Å². The molecule has 0 amide bonds. The van der Waals surface area contributed by atoms with Gasteiger partial charge >= 0.3 is 0 Å². The van der Waals surface area contributed by atoms with E-state index in [1.165, 1.54) is 0 Å². The maximum Gasteiger partial charge on any atom is 0.255 e. The van der Waals surface area contributed by atoms with Gasteiger partial charge in [0.1, 0.15) is 0 Å². The molecule has 122 valence electrons. The minimum Gasteiger partial charge on any atom is -0.325 e. The number of para-hydroxylation sites is 3. The molecule has 0 saturated heterocycles. The molecule has 1 heterocycles. The van der Waals surface area contributed by atoms with E-state index in [1.807, 2.05) is 95.9 Å². The standard InChI is InChI=1S/C20H17N5/c1-4-10-16(11-5-1)21-19-22-20(24-23-19)25(17-12-6-2-7-13-17)18-14-8-3-9-15-18/h1-15H,(H2,21,22,23,24). The Balaban J connectivity index is 1.69. The Kier molecular flexibility index (Phi) is 4.12. The summed E-state index contributed by atoms with van der Waals surface area (Å²) in [4.78, 5) is 6.61. The summed E-state index contributed by atoms with van der Waals surface area (Å²) < 4.78 is 0. The highest BCUT2D eigenvalue weighted by molar-refractivity contribution is 5.72. The van der Waals surface area contributed by atoms with Gasteiger partial charge in [-0.05, 0) is 36.4 Å². The second kappa shape index (κ2) is 6.88. The fourth-order valence-electron chi connectivity index (χ4n) is 2.60. The first-order chi connectivity index (χ1) is 12.4. The number of rotatable bonds is 5. The lowest BCUT2D eigenvalue weighted by Crippen LogP contribution is -2.11. The molecule has 2 N–H and O–H groups in total. The van der Waals surface area contributed by atoms with E-state index < -0.39 is 0 Å². The molecule has 5 heteroatoms. The number of nitrogens with zero attached hydrogens (tertiary/aromatic N) is 3. The number of aromatic amines is 1. The van der Waals surface area contributed by atoms with Crippen LogP contribution in [0.2, 0.25) is 0 Å². The topological polar surface area (TPSA) is 56.8 Å². The van der Waals surface area contributed by atoms with E-state index in [0.29, 0.717) is 11.9 Å². The van der Waals surface area contributed by atoms with Gasteiger partial charge in [-0.15, -0.1) is 5.10 Å². The Bertz CT molecular complexity index is 880. The summed E-state index contributed by atoms with van der Waals surface area (Å²) in [6.45, 7) is 0. The van der Waals surface area contributed by atoms with Gasteiger partial charge in [0.2, 0.25) is 5.95 Å². The van der Waals surface area contributed by atoms with Crippen molar-refractivity contribution in [3.63, 3.8) is 0 Å². The summed E-state index contributed by atoms with van der Waals surface area (Å²) in [6, 6.07) is 30.0. The SMILES string of the molecule is c1ccc(Nc2nc(N(c3ccccc3)c3ccccc3)n[nH]2)cc1. The number of aromatic nitrogens is 3. The van der Waals surface area contributed by atoms with Crippen LogP contribution in [0.4, 0.5) is 29.0 Å². The number of nitrogens with one attached hydrogen (secondary N) is 2. The predicted molar refractivity (Wildman–Crippen MR) is 101 cm³/mol. The average molecular weight is 327 g/mol. The molecule has 0 aliphatic rings. The van der Waals surface area contributed by atoms with Crippen LogP contribution in [0.1, 0.15) is 0 Å². The first kappa shape index (κ1) is 15.0. The zero-order valence-corrected chi connectivity index (χ0v) is 13.5. The van der Waals surface area contributed by atoms with Gasteiger partial charge in [-0.1, -0.05) is 54.6 Å². The fraction of sp³-hybridized carbons (Fsp3) is 0. The first-order valence-electron chi connectivity index (χ1n) is 8.05. The van der Waals surface area contributed by atoms with Crippen molar-refractivity contribution in [2.75, 3.05) is 10.2 Å². The number of hydrogen-bond acceptors (Lipinski definition) is 4. The van der Waals surface area contributed by atoms with Gasteiger partial charge in [-0.2, -0.15) is 4.98 Å². The Morgan fingerprint density at radius 3 is 1.76 bits per heavy atom. The van der Waals surface area contributed by atoms with Crippen LogP contribution in [0.25, 0.3) is 0 Å². The highest BCUT2D eigenvalue weighted by atomic mass is 15.4. The quantitative estimate of drug-likeness (QED) is 0.540. The van der Waals surface area contributed by atoms with Gasteiger partial charge in [-0.3, -0.25) is 4.90 Å². The zero-order valence-electron chi connectivity index (χ0n) is 13.5. The highest BCUT2D eigenvalue weighted by Gasteiger charge is 2.16. The predicted octanol–water partition coefficient (Wildman–Crippen LogP) is 5.02. The van der Waals surface area contributed by atoms with E-state index in [4.69, 9.17) is 0 Å². The molecular weight excluding hydrogens is 310 g/mol. The highest BCUT2D eigenvalue weighted by Crippen LogP contribution is 2.32. The molecule has 0 spiro atoms. The number of benzene rings is 3. The lowest BCUT2D eigenvalue weighted by atomic mass is 10.2. The Morgan fingerprint density at radius 1 is 0.680 bits per heavy atom. The third-order valence-electron chi connectivity index (χ3n) is 3.74. The van der Waals surface area contributed by atoms with Crippen molar-refractivity contribution in [2.24, 2.45) is 0 Å². The lowest BCUT2D eigenvalue weighted by molar-refractivity contribution is 1.06. The van der Waals surface area contributed by atoms with Crippen LogP contribution in [0.15, 0.2) is 91.0 Å². The normalized spacial score (nSPS) is 10.4. The zero-order chi connectivity index (χ0) is 16.9. The maximum atomic E-state index is 4.61. The van der Waals surface area contributed by atoms with Crippen LogP contribution in [-0.4, -0.2) is 15.2 Å². The van der Waals surface area contributed by atoms with Crippen molar-refractivity contribution in [2.45, 2.75) is 0 Å². The molecule has 4 rings (SSSR count). The molecule has 0 fully saturated rings. The van der Waals surface area contributed by atoms with Crippen molar-refractivity contribution < 1.29 is 0 Å². The summed E-state index contributed by atoms with van der Waals surface area (Å²) in [7, 11) is 0. The van der Waals surface area contributed by atoms with Crippen molar-refractivity contribution in [3.05, 3.63) is 91.0 Å². The smallest absolute Gasteiger partial charge is 0.255 e. The van der Waals surface area contributed by atoms with Crippen molar-refractivity contribution in [3.8, 4) is 0 Å². The third-order valence-corrected chi connectivity index (χ3v) is 3.74. The molecule has 0 aliphatic carbocycles. The largest absolute Gasteiger partial charge is 0.325 e. The summed E-state index contributed by atoms with van der Waals surface area (Å²) in [5, 5.41) is 10.6. The van der Waals surface area contributed by atoms with Crippen molar-refractivity contribution >= 4 is 29.0 Å². The molecule has 25 heavy (non-hydrogen) atoms. The van der Waals surface area contributed by atoms with Gasteiger partial charge in [0.15, 0.2) is 0 Å². The molecule has 0 atom stereocenters. The van der Waals surface area contributed by atoms with E-state index in [0.717, 1.165) is 17.1 Å². The Hall–Kier alpha value is -3.60. The molecule has 1 aromatic heterocycles. The monoisotopic (exact) mass is 327 g/mol. The lowest BCUT2D eigenvalue weighted by Gasteiger charge is -2.21. The van der Waals surface area contributed by atoms with Crippen molar-refractivity contribution in [1.82, 2.24) is 15.2 Å². The molecule has 0 aliphatic heterocycles. The second-order valence-corrected chi connectivity index (χ2v) is 5.48. The van der Waals surface area contributed by atoms with Gasteiger partial charge < -0.3 is 5.32 Å². The Labute approximate surface area is 146 Å². The molecule has 0 unspecified atom stereocenters. The van der Waals surface area contributed by atoms with Crippen LogP contribution in [-0.2, 0) is 0 Å². The summed E-state index contributed by atoms with van der Waals surface area (Å²) >= 11 is 0. The molecule has 0 bridgehead atoms. The van der Waals surface area contributed by atoms with Crippen LogP contribution in [0.3, 0.4) is 0 Å². The van der Waals surface area contributed by atoms with Gasteiger partial charge in [0.25, 0.3) is 5.95 Å². The van der Waals surface area contributed by atoms with Crippen molar-refractivity contribution in [1.29, 1.82) is 0 Å². The van der Waals surface area contributed by atoms with Crippen LogP contribution in [0, 0.1) is 0 Å². The van der Waals surface area contributed by atoms with E-state index in [9.17, 15) is 0 Å². The molecule has 0 saturated carbocycles. The van der Waals surface area contributed by atoms with Crippen LogP contribution >= 0.6 is 0 Å². The average Bonchev–Trinajstić information content (AvgIpc) is 3.12. The summed E-state index contributed by atoms with van der Waals surface area (Å²) in [5.41, 5.74) is 2.95. The maximum absolute atomic E-state index is 4.61. The first-order valence-corrected chi connectivity index (χ1v) is 8.05. The van der Waals surface area contributed by atoms with E-state index in [-0.39, 0.29) is 0 Å². The second-order valence-electron chi connectivity index (χ2n) is 5.48. The third kappa shape index (κ3) is 3.35. The minimum atomic E-state index is 0.579.